The van der Waals surface area contributed by atoms with E-state index in [9.17, 15) is 0 Å². The Labute approximate surface area is 127 Å². The summed E-state index contributed by atoms with van der Waals surface area (Å²) in [6.07, 6.45) is 4.49. The fourth-order valence-corrected chi connectivity index (χ4v) is 2.82. The predicted octanol–water partition coefficient (Wildman–Crippen LogP) is 2.92. The van der Waals surface area contributed by atoms with Crippen LogP contribution in [-0.4, -0.2) is 33.4 Å². The van der Waals surface area contributed by atoms with Gasteiger partial charge in [0.15, 0.2) is 0 Å². The molecule has 1 fully saturated rings. The van der Waals surface area contributed by atoms with Gasteiger partial charge < -0.3 is 19.5 Å². The number of methoxy groups -OCH3 is 2. The average Bonchev–Trinajstić information content (AvgIpc) is 3.01. The van der Waals surface area contributed by atoms with Gasteiger partial charge in [0, 0.05) is 18.2 Å². The van der Waals surface area contributed by atoms with E-state index in [1.54, 1.807) is 14.2 Å². The highest BCUT2D eigenvalue weighted by Crippen LogP contribution is 2.31. The summed E-state index contributed by atoms with van der Waals surface area (Å²) in [4.78, 5) is 0. The van der Waals surface area contributed by atoms with Gasteiger partial charge in [-0.25, -0.2) is 0 Å². The van der Waals surface area contributed by atoms with Crippen molar-refractivity contribution in [3.8, 4) is 11.5 Å². The van der Waals surface area contributed by atoms with Crippen molar-refractivity contribution in [2.75, 3.05) is 27.4 Å². The molecule has 0 saturated carbocycles. The summed E-state index contributed by atoms with van der Waals surface area (Å²) in [7, 11) is 3.44. The highest BCUT2D eigenvalue weighted by Gasteiger charge is 2.18. The van der Waals surface area contributed by atoms with Crippen LogP contribution in [0.4, 0.5) is 0 Å². The third-order valence-electron chi connectivity index (χ3n) is 3.92. The van der Waals surface area contributed by atoms with E-state index >= 15 is 0 Å². The lowest BCUT2D eigenvalue weighted by Gasteiger charge is -2.17. The smallest absolute Gasteiger partial charge is 0.124 e. The van der Waals surface area contributed by atoms with Crippen LogP contribution in [0.1, 0.15) is 37.3 Å². The monoisotopic (exact) mass is 293 g/mol. The minimum Gasteiger partial charge on any atom is -0.496 e. The highest BCUT2D eigenvalue weighted by molar-refractivity contribution is 5.46. The molecule has 4 heteroatoms. The van der Waals surface area contributed by atoms with Crippen molar-refractivity contribution in [3.63, 3.8) is 0 Å². The fraction of sp³-hybridized carbons (Fsp3) is 0.647. The zero-order valence-corrected chi connectivity index (χ0v) is 13.4. The first-order valence-corrected chi connectivity index (χ1v) is 7.83. The van der Waals surface area contributed by atoms with Crippen LogP contribution < -0.4 is 14.8 Å². The molecule has 0 amide bonds. The summed E-state index contributed by atoms with van der Waals surface area (Å²) in [6, 6.07) is 4.70. The van der Waals surface area contributed by atoms with Crippen LogP contribution in [0.5, 0.6) is 11.5 Å². The summed E-state index contributed by atoms with van der Waals surface area (Å²) < 4.78 is 16.7. The molecule has 118 valence electrons. The van der Waals surface area contributed by atoms with Gasteiger partial charge in [-0.2, -0.15) is 0 Å². The molecule has 0 aromatic heterocycles. The first-order chi connectivity index (χ1) is 10.3. The van der Waals surface area contributed by atoms with Crippen molar-refractivity contribution in [2.45, 2.75) is 45.3 Å². The van der Waals surface area contributed by atoms with Crippen molar-refractivity contribution in [1.29, 1.82) is 0 Å². The van der Waals surface area contributed by atoms with Gasteiger partial charge in [0.05, 0.1) is 20.8 Å². The quantitative estimate of drug-likeness (QED) is 0.748. The molecule has 1 aromatic carbocycles. The van der Waals surface area contributed by atoms with Crippen molar-refractivity contribution in [3.05, 3.63) is 23.3 Å². The van der Waals surface area contributed by atoms with E-state index in [-0.39, 0.29) is 0 Å². The summed E-state index contributed by atoms with van der Waals surface area (Å²) in [5, 5.41) is 3.53. The second kappa shape index (κ2) is 8.25. The lowest BCUT2D eigenvalue weighted by atomic mass is 10.0. The number of hydrogen-bond acceptors (Lipinski definition) is 4. The molecule has 2 rings (SSSR count). The Balaban J connectivity index is 2.15. The largest absolute Gasteiger partial charge is 0.496 e. The Hall–Kier alpha value is -1.26. The minimum absolute atomic E-state index is 0.547. The van der Waals surface area contributed by atoms with Crippen molar-refractivity contribution >= 4 is 0 Å². The maximum atomic E-state index is 5.64. The van der Waals surface area contributed by atoms with Crippen molar-refractivity contribution < 1.29 is 14.2 Å². The predicted molar refractivity (Wildman–Crippen MR) is 84.2 cm³/mol. The van der Waals surface area contributed by atoms with Gasteiger partial charge in [0.2, 0.25) is 0 Å². The Morgan fingerprint density at radius 1 is 1.14 bits per heavy atom. The molecule has 0 aliphatic carbocycles. The second-order valence-electron chi connectivity index (χ2n) is 5.53. The molecule has 1 aliphatic rings. The van der Waals surface area contributed by atoms with Gasteiger partial charge in [-0.1, -0.05) is 6.92 Å². The average molecular weight is 293 g/mol. The van der Waals surface area contributed by atoms with E-state index in [1.165, 1.54) is 18.4 Å². The van der Waals surface area contributed by atoms with Crippen molar-refractivity contribution in [1.82, 2.24) is 5.32 Å². The Morgan fingerprint density at radius 3 is 2.48 bits per heavy atom. The van der Waals surface area contributed by atoms with E-state index in [0.717, 1.165) is 43.1 Å². The molecule has 0 spiro atoms. The first-order valence-electron chi connectivity index (χ1n) is 7.83. The summed E-state index contributed by atoms with van der Waals surface area (Å²) in [5.74, 6) is 1.82. The molecule has 21 heavy (non-hydrogen) atoms. The molecule has 1 aromatic rings. The van der Waals surface area contributed by atoms with Crippen molar-refractivity contribution in [2.24, 2.45) is 0 Å². The van der Waals surface area contributed by atoms with Gasteiger partial charge in [0.1, 0.15) is 11.5 Å². The van der Waals surface area contributed by atoms with Gasteiger partial charge in [0.25, 0.3) is 0 Å². The summed E-state index contributed by atoms with van der Waals surface area (Å²) >= 11 is 0. The molecule has 1 heterocycles. The molecule has 0 radical (unpaired) electrons. The Kier molecular flexibility index (Phi) is 6.33. The number of nitrogens with one attached hydrogen (secondary N) is 1. The van der Waals surface area contributed by atoms with Gasteiger partial charge in [-0.15, -0.1) is 0 Å². The standard InChI is InChI=1S/C17H27NO3/c1-4-8-21-12-14-11-16(19-2)13(10-17(14)20-3)9-15-6-5-7-18-15/h10-11,15,18H,4-9,12H2,1-3H3. The number of benzene rings is 1. The van der Waals surface area contributed by atoms with Crippen LogP contribution in [0.3, 0.4) is 0 Å². The zero-order chi connectivity index (χ0) is 15.1. The maximum absolute atomic E-state index is 5.64. The lowest BCUT2D eigenvalue weighted by molar-refractivity contribution is 0.119. The highest BCUT2D eigenvalue weighted by atomic mass is 16.5. The SMILES string of the molecule is CCCOCc1cc(OC)c(CC2CCCN2)cc1OC. The third kappa shape index (κ3) is 4.35. The summed E-state index contributed by atoms with van der Waals surface area (Å²) in [5.41, 5.74) is 2.25. The zero-order valence-electron chi connectivity index (χ0n) is 13.4. The number of rotatable bonds is 8. The molecule has 1 aliphatic heterocycles. The van der Waals surface area contributed by atoms with Gasteiger partial charge in [-0.05, 0) is 49.9 Å². The Bertz CT molecular complexity index is 442. The van der Waals surface area contributed by atoms with Crippen LogP contribution in [0.15, 0.2) is 12.1 Å². The molecular weight excluding hydrogens is 266 g/mol. The molecule has 0 bridgehead atoms. The molecule has 1 unspecified atom stereocenters. The Morgan fingerprint density at radius 2 is 1.86 bits per heavy atom. The van der Waals surface area contributed by atoms with E-state index in [1.807, 2.05) is 0 Å². The molecule has 4 nitrogen and oxygen atoms in total. The maximum Gasteiger partial charge on any atom is 0.124 e. The normalized spacial score (nSPS) is 18.0. The van der Waals surface area contributed by atoms with E-state index < -0.39 is 0 Å². The topological polar surface area (TPSA) is 39.7 Å². The first kappa shape index (κ1) is 16.1. The molecule has 1 atom stereocenters. The van der Waals surface area contributed by atoms with Crippen LogP contribution >= 0.6 is 0 Å². The molecule has 1 N–H and O–H groups in total. The van der Waals surface area contributed by atoms with Crippen LogP contribution in [0.2, 0.25) is 0 Å². The van der Waals surface area contributed by atoms with Gasteiger partial charge >= 0.3 is 0 Å². The molecular formula is C17H27NO3. The van der Waals surface area contributed by atoms with E-state index in [2.05, 4.69) is 24.4 Å². The number of hydrogen-bond donors (Lipinski definition) is 1. The lowest BCUT2D eigenvalue weighted by Crippen LogP contribution is -2.23. The van der Waals surface area contributed by atoms with Crippen LogP contribution in [-0.2, 0) is 17.8 Å². The second-order valence-corrected chi connectivity index (χ2v) is 5.53. The van der Waals surface area contributed by atoms with Gasteiger partial charge in [-0.3, -0.25) is 0 Å². The van der Waals surface area contributed by atoms with Crippen LogP contribution in [0, 0.1) is 0 Å². The number of ether oxygens (including phenoxy) is 3. The van der Waals surface area contributed by atoms with E-state index in [0.29, 0.717) is 12.6 Å². The summed E-state index contributed by atoms with van der Waals surface area (Å²) in [6.45, 7) is 4.55. The van der Waals surface area contributed by atoms with Crippen LogP contribution in [0.25, 0.3) is 0 Å². The van der Waals surface area contributed by atoms with E-state index in [4.69, 9.17) is 14.2 Å². The fourth-order valence-electron chi connectivity index (χ4n) is 2.82. The third-order valence-corrected chi connectivity index (χ3v) is 3.92. The minimum atomic E-state index is 0.547. The molecule has 1 saturated heterocycles.